The van der Waals surface area contributed by atoms with Gasteiger partial charge in [0.25, 0.3) is 15.7 Å². The van der Waals surface area contributed by atoms with Crippen molar-refractivity contribution < 1.29 is 13.3 Å². The van der Waals surface area contributed by atoms with Crippen LogP contribution in [0.4, 0.5) is 11.5 Å². The third kappa shape index (κ3) is 4.52. The Bertz CT molecular complexity index is 1080. The number of halogens is 1. The van der Waals surface area contributed by atoms with Gasteiger partial charge in [-0.2, -0.15) is 5.10 Å². The summed E-state index contributed by atoms with van der Waals surface area (Å²) in [4.78, 5) is 10.0. The Morgan fingerprint density at radius 2 is 1.78 bits per heavy atom. The summed E-state index contributed by atoms with van der Waals surface area (Å²) in [6.45, 7) is 2.48. The van der Waals surface area contributed by atoms with Gasteiger partial charge in [0.15, 0.2) is 5.82 Å². The highest BCUT2D eigenvalue weighted by Crippen LogP contribution is 2.24. The van der Waals surface area contributed by atoms with Crippen LogP contribution in [-0.2, 0) is 16.6 Å². The zero-order valence-electron chi connectivity index (χ0n) is 14.2. The molecule has 27 heavy (non-hydrogen) atoms. The minimum atomic E-state index is -3.92. The molecule has 0 saturated heterocycles. The van der Waals surface area contributed by atoms with E-state index in [1.807, 2.05) is 31.2 Å². The molecule has 0 aliphatic heterocycles. The molecule has 140 valence electrons. The van der Waals surface area contributed by atoms with Crippen LogP contribution in [0.3, 0.4) is 0 Å². The van der Waals surface area contributed by atoms with Crippen LogP contribution in [-0.4, -0.2) is 23.1 Å². The van der Waals surface area contributed by atoms with Crippen molar-refractivity contribution in [2.45, 2.75) is 18.4 Å². The quantitative estimate of drug-likeness (QED) is 0.454. The van der Waals surface area contributed by atoms with Gasteiger partial charge in [0.05, 0.1) is 20.8 Å². The zero-order valence-corrected chi connectivity index (χ0v) is 16.6. The molecule has 3 aromatic rings. The first-order valence-electron chi connectivity index (χ1n) is 7.80. The second-order valence-corrected chi connectivity index (χ2v) is 8.40. The Morgan fingerprint density at radius 1 is 1.15 bits per heavy atom. The van der Waals surface area contributed by atoms with Crippen molar-refractivity contribution in [3.05, 3.63) is 80.4 Å². The lowest BCUT2D eigenvalue weighted by Crippen LogP contribution is -2.14. The SMILES string of the molecule is Cc1ccc(Cn2cc(Br)c(NS(=O)(=O)c3ccc([N+](=O)[O-])cc3)n2)cc1. The normalized spacial score (nSPS) is 11.3. The van der Waals surface area contributed by atoms with E-state index in [0.717, 1.165) is 23.3 Å². The summed E-state index contributed by atoms with van der Waals surface area (Å²) in [6.07, 6.45) is 1.67. The molecule has 0 unspecified atom stereocenters. The Balaban J connectivity index is 1.79. The molecule has 3 rings (SSSR count). The predicted octanol–water partition coefficient (Wildman–Crippen LogP) is 3.71. The molecule has 1 N–H and O–H groups in total. The van der Waals surface area contributed by atoms with Gasteiger partial charge in [-0.15, -0.1) is 0 Å². The number of hydrogen-bond donors (Lipinski definition) is 1. The monoisotopic (exact) mass is 450 g/mol. The van der Waals surface area contributed by atoms with E-state index in [4.69, 9.17) is 0 Å². The lowest BCUT2D eigenvalue weighted by Gasteiger charge is -2.06. The first-order valence-corrected chi connectivity index (χ1v) is 10.1. The second kappa shape index (κ2) is 7.49. The molecule has 0 spiro atoms. The molecule has 0 aliphatic carbocycles. The maximum absolute atomic E-state index is 12.5. The van der Waals surface area contributed by atoms with Crippen molar-refractivity contribution in [3.63, 3.8) is 0 Å². The largest absolute Gasteiger partial charge is 0.269 e. The van der Waals surface area contributed by atoms with Crippen LogP contribution in [0, 0.1) is 17.0 Å². The molecule has 0 amide bonds. The number of benzene rings is 2. The third-order valence-corrected chi connectivity index (χ3v) is 5.71. The molecule has 0 saturated carbocycles. The number of rotatable bonds is 6. The molecule has 1 aromatic heterocycles. The molecular formula is C17H15BrN4O4S. The van der Waals surface area contributed by atoms with Crippen LogP contribution in [0.15, 0.2) is 64.1 Å². The fraction of sp³-hybridized carbons (Fsp3) is 0.118. The maximum atomic E-state index is 12.5. The van der Waals surface area contributed by atoms with Crippen molar-refractivity contribution in [1.29, 1.82) is 0 Å². The topological polar surface area (TPSA) is 107 Å². The van der Waals surface area contributed by atoms with E-state index in [9.17, 15) is 18.5 Å². The lowest BCUT2D eigenvalue weighted by molar-refractivity contribution is -0.384. The maximum Gasteiger partial charge on any atom is 0.269 e. The van der Waals surface area contributed by atoms with Gasteiger partial charge in [0.2, 0.25) is 0 Å². The van der Waals surface area contributed by atoms with Crippen LogP contribution in [0.25, 0.3) is 0 Å². The van der Waals surface area contributed by atoms with Gasteiger partial charge < -0.3 is 0 Å². The molecule has 0 atom stereocenters. The number of nitrogens with zero attached hydrogens (tertiary/aromatic N) is 3. The minimum Gasteiger partial charge on any atom is -0.265 e. The highest BCUT2D eigenvalue weighted by Gasteiger charge is 2.19. The molecule has 0 fully saturated rings. The number of hydrogen-bond acceptors (Lipinski definition) is 5. The molecule has 2 aromatic carbocycles. The number of sulfonamides is 1. The van der Waals surface area contributed by atoms with Crippen LogP contribution in [0.1, 0.15) is 11.1 Å². The van der Waals surface area contributed by atoms with Crippen molar-refractivity contribution >= 4 is 37.5 Å². The Morgan fingerprint density at radius 3 is 2.37 bits per heavy atom. The molecule has 8 nitrogen and oxygen atoms in total. The molecular weight excluding hydrogens is 436 g/mol. The average Bonchev–Trinajstić information content (AvgIpc) is 2.95. The Labute approximate surface area is 164 Å². The number of anilines is 1. The van der Waals surface area contributed by atoms with Gasteiger partial charge in [-0.25, -0.2) is 8.42 Å². The van der Waals surface area contributed by atoms with E-state index in [1.165, 1.54) is 12.1 Å². The smallest absolute Gasteiger partial charge is 0.265 e. The summed E-state index contributed by atoms with van der Waals surface area (Å²) in [5.74, 6) is 0.139. The van der Waals surface area contributed by atoms with Gasteiger partial charge >= 0.3 is 0 Å². The van der Waals surface area contributed by atoms with Gasteiger partial charge in [-0.05, 0) is 40.5 Å². The van der Waals surface area contributed by atoms with Crippen LogP contribution < -0.4 is 4.72 Å². The van der Waals surface area contributed by atoms with E-state index in [-0.39, 0.29) is 16.4 Å². The molecule has 0 aliphatic rings. The summed E-state index contributed by atoms with van der Waals surface area (Å²) in [5.41, 5.74) is 2.00. The second-order valence-electron chi connectivity index (χ2n) is 5.87. The van der Waals surface area contributed by atoms with Gasteiger partial charge in [0.1, 0.15) is 0 Å². The number of nitrogens with one attached hydrogen (secondary N) is 1. The first kappa shape index (κ1) is 19.1. The summed E-state index contributed by atoms with van der Waals surface area (Å²) >= 11 is 3.30. The van der Waals surface area contributed by atoms with E-state index < -0.39 is 14.9 Å². The Hall–Kier alpha value is -2.72. The number of nitro benzene ring substituents is 1. The molecule has 10 heteroatoms. The van der Waals surface area contributed by atoms with Crippen LogP contribution in [0.5, 0.6) is 0 Å². The van der Waals surface area contributed by atoms with Crippen molar-refractivity contribution in [3.8, 4) is 0 Å². The van der Waals surface area contributed by atoms with E-state index in [1.54, 1.807) is 10.9 Å². The first-order chi connectivity index (χ1) is 12.7. The molecule has 1 heterocycles. The summed E-state index contributed by atoms with van der Waals surface area (Å²) in [5, 5.41) is 14.9. The van der Waals surface area contributed by atoms with Gasteiger partial charge in [-0.1, -0.05) is 29.8 Å². The summed E-state index contributed by atoms with van der Waals surface area (Å²) < 4.78 is 29.5. The standard InChI is InChI=1S/C17H15BrN4O4S/c1-12-2-4-13(5-3-12)10-21-11-16(18)17(19-21)20-27(25,26)15-8-6-14(7-9-15)22(23)24/h2-9,11H,10H2,1H3,(H,19,20). The fourth-order valence-electron chi connectivity index (χ4n) is 2.36. The number of aromatic nitrogens is 2. The highest BCUT2D eigenvalue weighted by atomic mass is 79.9. The van der Waals surface area contributed by atoms with Crippen LogP contribution in [0.2, 0.25) is 0 Å². The average molecular weight is 451 g/mol. The van der Waals surface area contributed by atoms with Gasteiger partial charge in [0, 0.05) is 18.3 Å². The van der Waals surface area contributed by atoms with Crippen LogP contribution >= 0.6 is 15.9 Å². The summed E-state index contributed by atoms with van der Waals surface area (Å²) in [6, 6.07) is 12.6. The Kier molecular flexibility index (Phi) is 5.29. The fourth-order valence-corrected chi connectivity index (χ4v) is 3.92. The van der Waals surface area contributed by atoms with E-state index in [0.29, 0.717) is 11.0 Å². The molecule has 0 radical (unpaired) electrons. The lowest BCUT2D eigenvalue weighted by atomic mass is 10.1. The number of non-ortho nitro benzene ring substituents is 1. The molecule has 0 bridgehead atoms. The number of nitro groups is 1. The minimum absolute atomic E-state index is 0.0897. The van der Waals surface area contributed by atoms with E-state index in [2.05, 4.69) is 25.8 Å². The van der Waals surface area contributed by atoms with Crippen molar-refractivity contribution in [2.24, 2.45) is 0 Å². The highest BCUT2D eigenvalue weighted by molar-refractivity contribution is 9.10. The summed E-state index contributed by atoms with van der Waals surface area (Å²) in [7, 11) is -3.92. The van der Waals surface area contributed by atoms with E-state index >= 15 is 0 Å². The number of aryl methyl sites for hydroxylation is 1. The third-order valence-electron chi connectivity index (χ3n) is 3.77. The van der Waals surface area contributed by atoms with Gasteiger partial charge in [-0.3, -0.25) is 19.5 Å². The zero-order chi connectivity index (χ0) is 19.6. The van der Waals surface area contributed by atoms with Crippen molar-refractivity contribution in [2.75, 3.05) is 4.72 Å². The predicted molar refractivity (Wildman–Crippen MR) is 104 cm³/mol. The van der Waals surface area contributed by atoms with Crippen molar-refractivity contribution in [1.82, 2.24) is 9.78 Å².